The van der Waals surface area contributed by atoms with E-state index in [1.54, 1.807) is 36.1 Å². The fourth-order valence-electron chi connectivity index (χ4n) is 2.52. The summed E-state index contributed by atoms with van der Waals surface area (Å²) in [4.78, 5) is 28.4. The summed E-state index contributed by atoms with van der Waals surface area (Å²) in [5, 5.41) is 9.67. The lowest BCUT2D eigenvalue weighted by molar-refractivity contribution is 0.0684. The number of carboxylic acids is 1. The number of ether oxygens (including phenoxy) is 1. The number of carbonyl (C=O) groups is 1. The highest BCUT2D eigenvalue weighted by atomic mass is 16.5. The van der Waals surface area contributed by atoms with Crippen LogP contribution < -0.4 is 5.56 Å². The molecule has 0 spiro atoms. The van der Waals surface area contributed by atoms with E-state index in [1.807, 2.05) is 0 Å². The molecule has 3 aromatic heterocycles. The predicted octanol–water partition coefficient (Wildman–Crippen LogP) is 1.38. The molecular weight excluding hydrogens is 286 g/mol. The van der Waals surface area contributed by atoms with Gasteiger partial charge in [-0.3, -0.25) is 9.20 Å². The largest absolute Gasteiger partial charge is 0.477 e. The number of carboxylic acid groups (broad SMARTS) is 1. The first kappa shape index (κ1) is 14.3. The molecule has 3 heterocycles. The molecule has 0 saturated carbocycles. The molecule has 1 N–H and O–H groups in total. The van der Waals surface area contributed by atoms with Crippen molar-refractivity contribution in [1.29, 1.82) is 0 Å². The van der Waals surface area contributed by atoms with Gasteiger partial charge in [-0.2, -0.15) is 0 Å². The Morgan fingerprint density at radius 3 is 2.95 bits per heavy atom. The smallest absolute Gasteiger partial charge is 0.352 e. The first-order valence-electron chi connectivity index (χ1n) is 6.86. The lowest BCUT2D eigenvalue weighted by Gasteiger charge is -2.07. The minimum Gasteiger partial charge on any atom is -0.477 e. The fourth-order valence-corrected chi connectivity index (χ4v) is 2.52. The maximum atomic E-state index is 12.5. The summed E-state index contributed by atoms with van der Waals surface area (Å²) < 4.78 is 7.97. The number of fused-ring (bicyclic) bond motifs is 2. The molecule has 3 aromatic rings. The molecule has 0 bridgehead atoms. The van der Waals surface area contributed by atoms with Crippen molar-refractivity contribution in [3.8, 4) is 0 Å². The Morgan fingerprint density at radius 2 is 2.23 bits per heavy atom. The van der Waals surface area contributed by atoms with Crippen LogP contribution in [0.25, 0.3) is 16.7 Å². The summed E-state index contributed by atoms with van der Waals surface area (Å²) in [5.41, 5.74) is 0.674. The van der Waals surface area contributed by atoms with Crippen LogP contribution in [-0.4, -0.2) is 38.7 Å². The highest BCUT2D eigenvalue weighted by Crippen LogP contribution is 2.17. The molecule has 0 amide bonds. The minimum absolute atomic E-state index is 0.0617. The molecule has 0 aliphatic rings. The average molecular weight is 301 g/mol. The van der Waals surface area contributed by atoms with Crippen LogP contribution in [0.2, 0.25) is 0 Å². The van der Waals surface area contributed by atoms with Crippen LogP contribution in [0.3, 0.4) is 0 Å². The second kappa shape index (κ2) is 5.61. The van der Waals surface area contributed by atoms with E-state index >= 15 is 0 Å². The van der Waals surface area contributed by atoms with Crippen LogP contribution in [0.5, 0.6) is 0 Å². The molecule has 0 aromatic carbocycles. The van der Waals surface area contributed by atoms with E-state index in [1.165, 1.54) is 10.5 Å². The molecule has 0 aliphatic heterocycles. The highest BCUT2D eigenvalue weighted by molar-refractivity contribution is 5.93. The topological polar surface area (TPSA) is 85.8 Å². The van der Waals surface area contributed by atoms with Crippen molar-refractivity contribution < 1.29 is 14.6 Å². The third kappa shape index (κ3) is 2.25. The van der Waals surface area contributed by atoms with E-state index in [0.29, 0.717) is 36.3 Å². The highest BCUT2D eigenvalue weighted by Gasteiger charge is 2.18. The van der Waals surface area contributed by atoms with Crippen molar-refractivity contribution in [2.45, 2.75) is 13.0 Å². The summed E-state index contributed by atoms with van der Waals surface area (Å²) in [6, 6.07) is 6.62. The van der Waals surface area contributed by atoms with Crippen LogP contribution in [0.1, 0.15) is 16.9 Å². The van der Waals surface area contributed by atoms with E-state index < -0.39 is 5.97 Å². The van der Waals surface area contributed by atoms with Gasteiger partial charge in [0.1, 0.15) is 17.0 Å². The molecule has 0 radical (unpaired) electrons. The van der Waals surface area contributed by atoms with Crippen molar-refractivity contribution in [3.05, 3.63) is 46.5 Å². The van der Waals surface area contributed by atoms with E-state index in [0.717, 1.165) is 0 Å². The molecule has 22 heavy (non-hydrogen) atoms. The molecule has 0 saturated heterocycles. The second-order valence-corrected chi connectivity index (χ2v) is 4.92. The summed E-state index contributed by atoms with van der Waals surface area (Å²) in [7, 11) is 1.59. The molecule has 114 valence electrons. The second-order valence-electron chi connectivity index (χ2n) is 4.92. The van der Waals surface area contributed by atoms with E-state index in [4.69, 9.17) is 4.74 Å². The zero-order chi connectivity index (χ0) is 15.7. The first-order valence-corrected chi connectivity index (χ1v) is 6.86. The fraction of sp³-hybridized carbons (Fsp3) is 0.267. The number of hydrogen-bond donors (Lipinski definition) is 1. The van der Waals surface area contributed by atoms with Crippen LogP contribution in [0, 0.1) is 0 Å². The van der Waals surface area contributed by atoms with Gasteiger partial charge in [0, 0.05) is 26.5 Å². The van der Waals surface area contributed by atoms with Crippen molar-refractivity contribution in [2.75, 3.05) is 13.7 Å². The predicted molar refractivity (Wildman–Crippen MR) is 80.4 cm³/mol. The molecular formula is C15H15N3O4. The number of aromatic carboxylic acids is 1. The summed E-state index contributed by atoms with van der Waals surface area (Å²) in [6.07, 6.45) is 2.25. The van der Waals surface area contributed by atoms with Crippen molar-refractivity contribution >= 4 is 22.6 Å². The lowest BCUT2D eigenvalue weighted by Crippen LogP contribution is -2.15. The third-order valence-corrected chi connectivity index (χ3v) is 3.53. The van der Waals surface area contributed by atoms with E-state index in [-0.39, 0.29) is 11.3 Å². The Bertz CT molecular complexity index is 910. The molecule has 0 unspecified atom stereocenters. The van der Waals surface area contributed by atoms with Gasteiger partial charge in [0.2, 0.25) is 0 Å². The third-order valence-electron chi connectivity index (χ3n) is 3.53. The Labute approximate surface area is 125 Å². The maximum absolute atomic E-state index is 12.5. The van der Waals surface area contributed by atoms with Gasteiger partial charge < -0.3 is 14.4 Å². The summed E-state index contributed by atoms with van der Waals surface area (Å²) in [6.45, 7) is 0.930. The SMILES string of the molecule is COCCCn1c(C(=O)O)cc2c(=O)n3ccccc3nc21. The van der Waals surface area contributed by atoms with Gasteiger partial charge in [-0.15, -0.1) is 0 Å². The molecule has 3 rings (SSSR count). The van der Waals surface area contributed by atoms with E-state index in [9.17, 15) is 14.7 Å². The number of pyridine rings is 1. The molecule has 0 fully saturated rings. The van der Waals surface area contributed by atoms with Crippen LogP contribution in [0.4, 0.5) is 0 Å². The maximum Gasteiger partial charge on any atom is 0.352 e. The van der Waals surface area contributed by atoms with Gasteiger partial charge in [-0.1, -0.05) is 6.07 Å². The van der Waals surface area contributed by atoms with Crippen molar-refractivity contribution in [1.82, 2.24) is 14.0 Å². The first-order chi connectivity index (χ1) is 10.6. The standard InChI is InChI=1S/C15H15N3O4/c1-22-8-4-7-17-11(15(20)21)9-10-13(17)16-12-5-2-3-6-18(12)14(10)19/h2-3,5-6,9H,4,7-8H2,1H3,(H,20,21). The number of aromatic nitrogens is 3. The Hall–Kier alpha value is -2.67. The van der Waals surface area contributed by atoms with Crippen molar-refractivity contribution in [3.63, 3.8) is 0 Å². The van der Waals surface area contributed by atoms with Crippen LogP contribution >= 0.6 is 0 Å². The molecule has 7 nitrogen and oxygen atoms in total. The van der Waals surface area contributed by atoms with E-state index in [2.05, 4.69) is 4.98 Å². The molecule has 0 atom stereocenters. The number of rotatable bonds is 5. The van der Waals surface area contributed by atoms with Gasteiger partial charge in [0.05, 0.1) is 5.39 Å². The number of nitrogens with zero attached hydrogens (tertiary/aromatic N) is 3. The quantitative estimate of drug-likeness (QED) is 0.720. The average Bonchev–Trinajstić information content (AvgIpc) is 2.87. The number of hydrogen-bond acceptors (Lipinski definition) is 4. The van der Waals surface area contributed by atoms with Crippen LogP contribution in [0.15, 0.2) is 35.3 Å². The van der Waals surface area contributed by atoms with Gasteiger partial charge in [-0.05, 0) is 24.6 Å². The molecule has 0 aliphatic carbocycles. The zero-order valence-electron chi connectivity index (χ0n) is 12.0. The number of aryl methyl sites for hydroxylation is 1. The van der Waals surface area contributed by atoms with Gasteiger partial charge in [-0.25, -0.2) is 9.78 Å². The van der Waals surface area contributed by atoms with Gasteiger partial charge in [0.15, 0.2) is 0 Å². The Kier molecular flexibility index (Phi) is 3.64. The lowest BCUT2D eigenvalue weighted by atomic mass is 10.3. The van der Waals surface area contributed by atoms with Gasteiger partial charge >= 0.3 is 5.97 Å². The summed E-state index contributed by atoms with van der Waals surface area (Å²) in [5.74, 6) is -1.08. The Morgan fingerprint density at radius 1 is 1.41 bits per heavy atom. The normalized spacial score (nSPS) is 11.3. The Balaban J connectivity index is 2.28. The summed E-state index contributed by atoms with van der Waals surface area (Å²) >= 11 is 0. The monoisotopic (exact) mass is 301 g/mol. The van der Waals surface area contributed by atoms with Crippen LogP contribution in [-0.2, 0) is 11.3 Å². The molecule has 7 heteroatoms. The van der Waals surface area contributed by atoms with Gasteiger partial charge in [0.25, 0.3) is 5.56 Å². The zero-order valence-corrected chi connectivity index (χ0v) is 12.0. The van der Waals surface area contributed by atoms with Crippen molar-refractivity contribution in [2.24, 2.45) is 0 Å². The number of methoxy groups -OCH3 is 1. The minimum atomic E-state index is -1.08.